The van der Waals surface area contributed by atoms with Crippen LogP contribution in [0.1, 0.15) is 32.4 Å². The van der Waals surface area contributed by atoms with Gasteiger partial charge >= 0.3 is 0 Å². The zero-order chi connectivity index (χ0) is 11.3. The van der Waals surface area contributed by atoms with Crippen LogP contribution in [0, 0.1) is 5.92 Å². The Balaban J connectivity index is 2.81. The number of nitrogens with one attached hydrogen (secondary N) is 1. The van der Waals surface area contributed by atoms with Crippen LogP contribution in [-0.4, -0.2) is 19.8 Å². The Hall–Kier alpha value is -0.800. The fourth-order valence-corrected chi connectivity index (χ4v) is 1.89. The van der Waals surface area contributed by atoms with Crippen molar-refractivity contribution >= 4 is 0 Å². The van der Waals surface area contributed by atoms with Gasteiger partial charge in [0.25, 0.3) is 0 Å². The molecule has 0 aliphatic heterocycles. The smallest absolute Gasteiger partial charge is 0.0951 e. The van der Waals surface area contributed by atoms with Crippen molar-refractivity contribution in [1.82, 2.24) is 5.32 Å². The highest BCUT2D eigenvalue weighted by atomic mass is 16.5. The van der Waals surface area contributed by atoms with Crippen molar-refractivity contribution in [2.24, 2.45) is 5.92 Å². The normalized spacial score (nSPS) is 15.5. The second-order valence-electron chi connectivity index (χ2n) is 4.04. The first-order valence-electron chi connectivity index (χ1n) is 5.49. The topological polar surface area (TPSA) is 34.4 Å². The highest BCUT2D eigenvalue weighted by molar-refractivity contribution is 5.13. The second kappa shape index (κ2) is 5.93. The molecule has 0 aliphatic carbocycles. The fraction of sp³-hybridized carbons (Fsp3) is 0.667. The predicted octanol–water partition coefficient (Wildman–Crippen LogP) is 2.60. The van der Waals surface area contributed by atoms with Gasteiger partial charge in [-0.05, 0) is 18.5 Å². The maximum atomic E-state index is 5.55. The largest absolute Gasteiger partial charge is 0.472 e. The number of methoxy groups -OCH3 is 1. The van der Waals surface area contributed by atoms with Crippen LogP contribution >= 0.6 is 0 Å². The van der Waals surface area contributed by atoms with Crippen molar-refractivity contribution < 1.29 is 9.15 Å². The van der Waals surface area contributed by atoms with Crippen LogP contribution in [0.2, 0.25) is 0 Å². The fourth-order valence-electron chi connectivity index (χ4n) is 1.89. The Kier molecular flexibility index (Phi) is 4.85. The molecule has 1 aromatic heterocycles. The molecule has 0 saturated heterocycles. The monoisotopic (exact) mass is 211 g/mol. The zero-order valence-corrected chi connectivity index (χ0v) is 9.99. The van der Waals surface area contributed by atoms with Gasteiger partial charge in [-0.2, -0.15) is 0 Å². The van der Waals surface area contributed by atoms with Crippen LogP contribution in [0.25, 0.3) is 0 Å². The van der Waals surface area contributed by atoms with E-state index in [2.05, 4.69) is 26.1 Å². The van der Waals surface area contributed by atoms with E-state index in [4.69, 9.17) is 9.15 Å². The van der Waals surface area contributed by atoms with Crippen LogP contribution in [-0.2, 0) is 4.74 Å². The number of furan rings is 1. The summed E-state index contributed by atoms with van der Waals surface area (Å²) in [6.45, 7) is 7.35. The van der Waals surface area contributed by atoms with Crippen LogP contribution in [0.3, 0.4) is 0 Å². The lowest BCUT2D eigenvalue weighted by atomic mass is 9.95. The van der Waals surface area contributed by atoms with Crippen molar-refractivity contribution in [1.29, 1.82) is 0 Å². The minimum atomic E-state index is 0.169. The first kappa shape index (κ1) is 12.3. The van der Waals surface area contributed by atoms with Gasteiger partial charge in [0.1, 0.15) is 0 Å². The van der Waals surface area contributed by atoms with Gasteiger partial charge in [-0.15, -0.1) is 0 Å². The van der Waals surface area contributed by atoms with E-state index in [0.717, 1.165) is 12.1 Å². The first-order valence-corrected chi connectivity index (χ1v) is 5.49. The molecule has 0 spiro atoms. The van der Waals surface area contributed by atoms with Crippen LogP contribution in [0.15, 0.2) is 23.0 Å². The summed E-state index contributed by atoms with van der Waals surface area (Å²) >= 11 is 0. The molecular weight excluding hydrogens is 190 g/mol. The molecule has 0 fully saturated rings. The van der Waals surface area contributed by atoms with Gasteiger partial charge < -0.3 is 14.5 Å². The third-order valence-corrected chi connectivity index (χ3v) is 2.58. The van der Waals surface area contributed by atoms with Crippen LogP contribution in [0.4, 0.5) is 0 Å². The number of rotatable bonds is 6. The van der Waals surface area contributed by atoms with Gasteiger partial charge in [-0.3, -0.25) is 0 Å². The number of hydrogen-bond acceptors (Lipinski definition) is 3. The van der Waals surface area contributed by atoms with E-state index >= 15 is 0 Å². The Labute approximate surface area is 91.8 Å². The number of hydrogen-bond donors (Lipinski definition) is 1. The zero-order valence-electron chi connectivity index (χ0n) is 9.99. The van der Waals surface area contributed by atoms with E-state index in [0.29, 0.717) is 5.92 Å². The van der Waals surface area contributed by atoms with Crippen molar-refractivity contribution in [3.8, 4) is 0 Å². The van der Waals surface area contributed by atoms with Gasteiger partial charge in [0, 0.05) is 12.7 Å². The van der Waals surface area contributed by atoms with E-state index in [9.17, 15) is 0 Å². The minimum Gasteiger partial charge on any atom is -0.472 e. The van der Waals surface area contributed by atoms with Gasteiger partial charge in [0.15, 0.2) is 0 Å². The maximum Gasteiger partial charge on any atom is 0.0951 e. The van der Waals surface area contributed by atoms with Crippen molar-refractivity contribution in [2.75, 3.05) is 13.7 Å². The first-order chi connectivity index (χ1) is 7.20. The molecular formula is C12H21NO2. The molecule has 0 radical (unpaired) electrons. The lowest BCUT2D eigenvalue weighted by molar-refractivity contribution is 0.0329. The summed E-state index contributed by atoms with van der Waals surface area (Å²) in [6.07, 6.45) is 3.65. The third-order valence-electron chi connectivity index (χ3n) is 2.58. The summed E-state index contributed by atoms with van der Waals surface area (Å²) in [4.78, 5) is 0. The number of likely N-dealkylation sites (N-methyl/N-ethyl adjacent to an activating group) is 1. The van der Waals surface area contributed by atoms with Crippen LogP contribution in [0.5, 0.6) is 0 Å². The van der Waals surface area contributed by atoms with Gasteiger partial charge in [-0.1, -0.05) is 20.8 Å². The van der Waals surface area contributed by atoms with Gasteiger partial charge in [0.2, 0.25) is 0 Å². The highest BCUT2D eigenvalue weighted by Gasteiger charge is 2.25. The van der Waals surface area contributed by atoms with E-state index < -0.39 is 0 Å². The SMILES string of the molecule is CCNC(c1ccoc1)C(OC)C(C)C. The standard InChI is InChI=1S/C12H21NO2/c1-5-13-11(10-6-7-15-8-10)12(14-4)9(2)3/h6-9,11-13H,5H2,1-4H3. The molecule has 0 saturated carbocycles. The third kappa shape index (κ3) is 3.08. The Morgan fingerprint density at radius 2 is 2.20 bits per heavy atom. The molecule has 15 heavy (non-hydrogen) atoms. The molecule has 2 unspecified atom stereocenters. The molecule has 0 amide bonds. The maximum absolute atomic E-state index is 5.55. The molecule has 1 rings (SSSR count). The van der Waals surface area contributed by atoms with Gasteiger partial charge in [0.05, 0.1) is 24.7 Å². The molecule has 1 heterocycles. The molecule has 3 heteroatoms. The molecule has 0 aliphatic rings. The quantitative estimate of drug-likeness (QED) is 0.785. The molecule has 1 aromatic rings. The predicted molar refractivity (Wildman–Crippen MR) is 60.8 cm³/mol. The lowest BCUT2D eigenvalue weighted by Gasteiger charge is -2.28. The number of ether oxygens (including phenoxy) is 1. The summed E-state index contributed by atoms with van der Waals surface area (Å²) in [6, 6.07) is 2.19. The van der Waals surface area contributed by atoms with Crippen molar-refractivity contribution in [3.63, 3.8) is 0 Å². The van der Waals surface area contributed by atoms with Crippen molar-refractivity contribution in [2.45, 2.75) is 32.9 Å². The van der Waals surface area contributed by atoms with E-state index in [1.165, 1.54) is 0 Å². The summed E-state index contributed by atoms with van der Waals surface area (Å²) < 4.78 is 10.7. The summed E-state index contributed by atoms with van der Waals surface area (Å²) in [7, 11) is 1.76. The summed E-state index contributed by atoms with van der Waals surface area (Å²) in [5.74, 6) is 0.467. The summed E-state index contributed by atoms with van der Waals surface area (Å²) in [5, 5.41) is 3.43. The average Bonchev–Trinajstić information content (AvgIpc) is 2.69. The molecule has 3 nitrogen and oxygen atoms in total. The Morgan fingerprint density at radius 1 is 1.47 bits per heavy atom. The highest BCUT2D eigenvalue weighted by Crippen LogP contribution is 2.24. The second-order valence-corrected chi connectivity index (χ2v) is 4.04. The van der Waals surface area contributed by atoms with Gasteiger partial charge in [-0.25, -0.2) is 0 Å². The molecule has 86 valence electrons. The molecule has 0 bridgehead atoms. The Bertz CT molecular complexity index is 257. The average molecular weight is 211 g/mol. The van der Waals surface area contributed by atoms with E-state index in [1.54, 1.807) is 19.6 Å². The van der Waals surface area contributed by atoms with Crippen molar-refractivity contribution in [3.05, 3.63) is 24.2 Å². The van der Waals surface area contributed by atoms with E-state index in [1.807, 2.05) is 6.07 Å². The molecule has 1 N–H and O–H groups in total. The Morgan fingerprint density at radius 3 is 2.60 bits per heavy atom. The molecule has 0 aromatic carbocycles. The molecule has 2 atom stereocenters. The minimum absolute atomic E-state index is 0.169. The van der Waals surface area contributed by atoms with Crippen LogP contribution < -0.4 is 5.32 Å². The summed E-state index contributed by atoms with van der Waals surface area (Å²) in [5.41, 5.74) is 1.15. The van der Waals surface area contributed by atoms with E-state index in [-0.39, 0.29) is 12.1 Å². The lowest BCUT2D eigenvalue weighted by Crippen LogP contribution is -2.36.